The number of imide groups is 2. The Morgan fingerprint density at radius 1 is 1.30 bits per heavy atom. The minimum Gasteiger partial charge on any atom is -0.372 e. The van der Waals surface area contributed by atoms with Gasteiger partial charge >= 0.3 is 6.03 Å². The first-order valence-corrected chi connectivity index (χ1v) is 12.6. The lowest BCUT2D eigenvalue weighted by Gasteiger charge is -2.55. The molecule has 0 aliphatic carbocycles. The van der Waals surface area contributed by atoms with Crippen LogP contribution in [0.3, 0.4) is 0 Å². The zero-order chi connectivity index (χ0) is 26.1. The Balaban J connectivity index is 1.48. The zero-order valence-corrected chi connectivity index (χ0v) is 20.6. The van der Waals surface area contributed by atoms with E-state index in [9.17, 15) is 19.2 Å². The molecule has 3 N–H and O–H groups in total. The maximum absolute atomic E-state index is 16.1. The predicted octanol–water partition coefficient (Wildman–Crippen LogP) is 1.85. The summed E-state index contributed by atoms with van der Waals surface area (Å²) in [5.41, 5.74) is -1.60. The summed E-state index contributed by atoms with van der Waals surface area (Å²) in [4.78, 5) is 53.9. The molecule has 192 valence electrons. The summed E-state index contributed by atoms with van der Waals surface area (Å²) in [7, 11) is 0. The molecule has 3 atom stereocenters. The van der Waals surface area contributed by atoms with Crippen LogP contribution in [-0.2, 0) is 27.3 Å². The Hall–Kier alpha value is -3.84. The molecule has 5 amide bonds. The summed E-state index contributed by atoms with van der Waals surface area (Å²) in [6.07, 6.45) is -1.20. The Kier molecular flexibility index (Phi) is 5.31. The van der Waals surface area contributed by atoms with Crippen molar-refractivity contribution in [1.29, 1.82) is 0 Å². The molecule has 11 nitrogen and oxygen atoms in total. The third-order valence-electron chi connectivity index (χ3n) is 7.18. The third-order valence-corrected chi connectivity index (χ3v) is 8.06. The van der Waals surface area contributed by atoms with E-state index in [-0.39, 0.29) is 48.0 Å². The maximum Gasteiger partial charge on any atom is 0.328 e. The van der Waals surface area contributed by atoms with Gasteiger partial charge in [0.15, 0.2) is 16.9 Å². The largest absolute Gasteiger partial charge is 0.372 e. The van der Waals surface area contributed by atoms with E-state index < -0.39 is 47.1 Å². The van der Waals surface area contributed by atoms with Crippen LogP contribution in [0.25, 0.3) is 11.0 Å². The van der Waals surface area contributed by atoms with Crippen molar-refractivity contribution < 1.29 is 32.8 Å². The van der Waals surface area contributed by atoms with Crippen LogP contribution in [0.4, 0.5) is 14.9 Å². The highest BCUT2D eigenvalue weighted by Crippen LogP contribution is 2.49. The molecule has 3 aliphatic rings. The molecule has 1 spiro atoms. The van der Waals surface area contributed by atoms with E-state index >= 15 is 4.39 Å². The van der Waals surface area contributed by atoms with Crippen LogP contribution in [0.5, 0.6) is 0 Å². The molecule has 13 heteroatoms. The van der Waals surface area contributed by atoms with Crippen LogP contribution in [0, 0.1) is 11.2 Å². The molecule has 0 unspecified atom stereocenters. The van der Waals surface area contributed by atoms with E-state index in [0.717, 1.165) is 4.88 Å². The van der Waals surface area contributed by atoms with E-state index in [1.54, 1.807) is 18.7 Å². The molecule has 6 rings (SSSR count). The number of fused-ring (bicyclic) bond motifs is 5. The van der Waals surface area contributed by atoms with E-state index in [2.05, 4.69) is 21.1 Å². The topological polar surface area (TPSA) is 143 Å². The monoisotopic (exact) mass is 527 g/mol. The normalized spacial score (nSPS) is 24.5. The molecular formula is C24H22FN5O6S. The highest BCUT2D eigenvalue weighted by Gasteiger charge is 2.63. The number of aromatic nitrogens is 1. The summed E-state index contributed by atoms with van der Waals surface area (Å²) >= 11 is 1.48. The van der Waals surface area contributed by atoms with Gasteiger partial charge in [-0.3, -0.25) is 25.0 Å². The summed E-state index contributed by atoms with van der Waals surface area (Å²) in [5.74, 6) is -2.87. The van der Waals surface area contributed by atoms with Gasteiger partial charge in [-0.2, -0.15) is 0 Å². The molecule has 2 saturated heterocycles. The molecule has 37 heavy (non-hydrogen) atoms. The van der Waals surface area contributed by atoms with Crippen molar-refractivity contribution in [3.05, 3.63) is 45.5 Å². The number of carbonyl (C=O) groups is 4. The molecule has 1 aromatic carbocycles. The molecule has 5 heterocycles. The molecule has 2 aromatic heterocycles. The number of rotatable bonds is 3. The summed E-state index contributed by atoms with van der Waals surface area (Å²) in [5, 5.41) is 13.0. The van der Waals surface area contributed by atoms with Crippen molar-refractivity contribution in [2.45, 2.75) is 45.1 Å². The molecule has 0 saturated carbocycles. The van der Waals surface area contributed by atoms with Crippen molar-refractivity contribution >= 4 is 51.7 Å². The first-order chi connectivity index (χ1) is 17.7. The Labute approximate surface area is 213 Å². The summed E-state index contributed by atoms with van der Waals surface area (Å²) in [6, 6.07) is 3.45. The van der Waals surface area contributed by atoms with Crippen molar-refractivity contribution in [2.75, 3.05) is 11.4 Å². The summed E-state index contributed by atoms with van der Waals surface area (Å²) < 4.78 is 27.3. The molecule has 3 aromatic rings. The number of nitrogens with zero attached hydrogens (tertiary/aromatic N) is 2. The fraction of sp³-hybridized carbons (Fsp3) is 0.375. The SMILES string of the molecule is C[C@@H]1CN2c3c(cc4c(C(=O)NCc5cccs5)noc4c3F)CC3(C(=O)NC(=O)NC3=O)[C@H]2[C@H](C)O1. The van der Waals surface area contributed by atoms with E-state index in [4.69, 9.17) is 9.26 Å². The number of urea groups is 1. The number of nitrogens with one attached hydrogen (secondary N) is 3. The quantitative estimate of drug-likeness (QED) is 0.438. The van der Waals surface area contributed by atoms with Gasteiger partial charge in [-0.1, -0.05) is 11.2 Å². The average molecular weight is 528 g/mol. The second kappa shape index (κ2) is 8.35. The van der Waals surface area contributed by atoms with Gasteiger partial charge < -0.3 is 19.5 Å². The van der Waals surface area contributed by atoms with Crippen LogP contribution in [0.1, 0.15) is 34.8 Å². The maximum atomic E-state index is 16.1. The van der Waals surface area contributed by atoms with Crippen molar-refractivity contribution in [1.82, 2.24) is 21.1 Å². The molecule has 0 bridgehead atoms. The van der Waals surface area contributed by atoms with Gasteiger partial charge in [-0.15, -0.1) is 11.3 Å². The smallest absolute Gasteiger partial charge is 0.328 e. The van der Waals surface area contributed by atoms with Crippen LogP contribution >= 0.6 is 11.3 Å². The zero-order valence-electron chi connectivity index (χ0n) is 19.8. The number of halogens is 1. The van der Waals surface area contributed by atoms with Gasteiger partial charge in [0.05, 0.1) is 35.9 Å². The van der Waals surface area contributed by atoms with Gasteiger partial charge in [0.2, 0.25) is 17.4 Å². The molecule has 2 fully saturated rings. The van der Waals surface area contributed by atoms with Crippen LogP contribution in [-0.4, -0.2) is 53.7 Å². The van der Waals surface area contributed by atoms with E-state index in [1.807, 2.05) is 17.5 Å². The number of benzene rings is 1. The van der Waals surface area contributed by atoms with E-state index in [0.29, 0.717) is 5.56 Å². The van der Waals surface area contributed by atoms with Crippen LogP contribution < -0.4 is 20.9 Å². The van der Waals surface area contributed by atoms with Gasteiger partial charge in [-0.25, -0.2) is 9.18 Å². The highest BCUT2D eigenvalue weighted by molar-refractivity contribution is 7.09. The number of barbiturate groups is 1. The van der Waals surface area contributed by atoms with Gasteiger partial charge in [0, 0.05) is 17.8 Å². The Morgan fingerprint density at radius 2 is 2.05 bits per heavy atom. The van der Waals surface area contributed by atoms with Crippen molar-refractivity contribution in [3.63, 3.8) is 0 Å². The number of hydrogen-bond donors (Lipinski definition) is 3. The number of hydrogen-bond acceptors (Lipinski definition) is 9. The van der Waals surface area contributed by atoms with E-state index in [1.165, 1.54) is 17.4 Å². The minimum atomic E-state index is -1.76. The third kappa shape index (κ3) is 3.44. The Morgan fingerprint density at radius 3 is 2.76 bits per heavy atom. The predicted molar refractivity (Wildman–Crippen MR) is 128 cm³/mol. The number of carbonyl (C=O) groups excluding carboxylic acids is 4. The molecular weight excluding hydrogens is 505 g/mol. The molecule has 0 radical (unpaired) electrons. The number of ether oxygens (including phenoxy) is 1. The van der Waals surface area contributed by atoms with Crippen molar-refractivity contribution in [2.24, 2.45) is 5.41 Å². The highest BCUT2D eigenvalue weighted by atomic mass is 32.1. The average Bonchev–Trinajstić information content (AvgIpc) is 3.50. The number of anilines is 1. The number of amides is 5. The fourth-order valence-electron chi connectivity index (χ4n) is 5.78. The second-order valence-corrected chi connectivity index (χ2v) is 10.5. The van der Waals surface area contributed by atoms with Gasteiger partial charge in [0.25, 0.3) is 5.91 Å². The fourth-order valence-corrected chi connectivity index (χ4v) is 6.42. The lowest BCUT2D eigenvalue weighted by atomic mass is 9.66. The minimum absolute atomic E-state index is 0.110. The van der Waals surface area contributed by atoms with Crippen molar-refractivity contribution in [3.8, 4) is 0 Å². The Bertz CT molecular complexity index is 1450. The lowest BCUT2D eigenvalue weighted by Crippen LogP contribution is -2.75. The first kappa shape index (κ1) is 23.6. The first-order valence-electron chi connectivity index (χ1n) is 11.7. The van der Waals surface area contributed by atoms with Crippen LogP contribution in [0.15, 0.2) is 28.1 Å². The number of morpholine rings is 1. The standard InChI is InChI=1S/C24H22FN5O6S/c1-10-9-30-17-12(7-24(19(30)11(2)35-10)21(32)27-23(34)28-22(24)33)6-14-16(29-36-18(14)15(17)25)20(31)26-8-13-4-3-5-37-13/h3-6,10-11,19H,7-9H2,1-2H3,(H,26,31)(H2,27,28,32,33,34)/t10-,11+,19-/m1/s1. The lowest BCUT2D eigenvalue weighted by molar-refractivity contribution is -0.153. The second-order valence-electron chi connectivity index (χ2n) is 9.50. The van der Waals surface area contributed by atoms with Gasteiger partial charge in [-0.05, 0) is 36.9 Å². The summed E-state index contributed by atoms with van der Waals surface area (Å²) in [6.45, 7) is 3.96. The van der Waals surface area contributed by atoms with Crippen LogP contribution in [0.2, 0.25) is 0 Å². The molecule has 3 aliphatic heterocycles. The van der Waals surface area contributed by atoms with Gasteiger partial charge in [0.1, 0.15) is 0 Å². The number of thiophene rings is 1.